The van der Waals surface area contributed by atoms with Gasteiger partial charge in [0.15, 0.2) is 0 Å². The molecule has 0 bridgehead atoms. The molecule has 1 aromatic heterocycles. The van der Waals surface area contributed by atoms with Gasteiger partial charge in [-0.1, -0.05) is 18.2 Å². The number of aliphatic carboxylic acids is 1. The average molecular weight is 437 g/mol. The fourth-order valence-corrected chi connectivity index (χ4v) is 4.14. The summed E-state index contributed by atoms with van der Waals surface area (Å²) in [6.45, 7) is 5.12. The molecule has 1 aliphatic heterocycles. The van der Waals surface area contributed by atoms with Crippen molar-refractivity contribution >= 4 is 28.7 Å². The number of fused-ring (bicyclic) bond motifs is 3. The average Bonchev–Trinajstić information content (AvgIpc) is 3.09. The van der Waals surface area contributed by atoms with Crippen molar-refractivity contribution in [2.75, 3.05) is 0 Å². The van der Waals surface area contributed by atoms with Gasteiger partial charge in [0.2, 0.25) is 0 Å². The largest absolute Gasteiger partial charge is 0.480 e. The quantitative estimate of drug-likeness (QED) is 0.462. The first kappa shape index (κ1) is 21.4. The Bertz CT molecular complexity index is 1210. The molecule has 2 N–H and O–H groups in total. The molecule has 9 heteroatoms. The van der Waals surface area contributed by atoms with E-state index in [0.29, 0.717) is 11.3 Å². The van der Waals surface area contributed by atoms with E-state index < -0.39 is 34.7 Å². The van der Waals surface area contributed by atoms with Gasteiger partial charge in [-0.25, -0.2) is 9.59 Å². The van der Waals surface area contributed by atoms with Crippen LogP contribution in [-0.4, -0.2) is 43.6 Å². The Labute approximate surface area is 183 Å². The smallest absolute Gasteiger partial charge is 0.411 e. The van der Waals surface area contributed by atoms with Crippen molar-refractivity contribution in [1.82, 2.24) is 9.88 Å². The Balaban J connectivity index is 1.93. The zero-order valence-corrected chi connectivity index (χ0v) is 17.9. The van der Waals surface area contributed by atoms with Gasteiger partial charge in [0, 0.05) is 35.2 Å². The Kier molecular flexibility index (Phi) is 5.12. The van der Waals surface area contributed by atoms with E-state index in [1.807, 2.05) is 24.3 Å². The summed E-state index contributed by atoms with van der Waals surface area (Å²) in [7, 11) is 0. The van der Waals surface area contributed by atoms with Crippen LogP contribution in [0.25, 0.3) is 10.9 Å². The number of nitrogens with one attached hydrogen (secondary N) is 1. The maximum Gasteiger partial charge on any atom is 0.411 e. The molecule has 2 heterocycles. The standard InChI is InChI=1S/C23H23N3O6/c1-23(2,3)32-22(29)25-18(21(27)28)12-16-15-6-4-5-7-17(15)24-19(16)20(25)13-8-10-14(11-9-13)26(30)31/h4-11,18,20,24H,12H2,1-3H3,(H,27,28)/t18-,20-/m0/s1. The highest BCUT2D eigenvalue weighted by atomic mass is 16.6. The Morgan fingerprint density at radius 1 is 1.16 bits per heavy atom. The molecule has 2 atom stereocenters. The lowest BCUT2D eigenvalue weighted by Gasteiger charge is -2.40. The van der Waals surface area contributed by atoms with Gasteiger partial charge in [0.1, 0.15) is 17.7 Å². The lowest BCUT2D eigenvalue weighted by molar-refractivity contribution is -0.384. The van der Waals surface area contributed by atoms with Gasteiger partial charge in [-0.2, -0.15) is 0 Å². The summed E-state index contributed by atoms with van der Waals surface area (Å²) in [6, 6.07) is 11.3. The van der Waals surface area contributed by atoms with Crippen LogP contribution in [0.3, 0.4) is 0 Å². The molecule has 0 unspecified atom stereocenters. The van der Waals surface area contributed by atoms with E-state index >= 15 is 0 Å². The van der Waals surface area contributed by atoms with Crippen molar-refractivity contribution in [2.45, 2.75) is 44.9 Å². The fourth-order valence-electron chi connectivity index (χ4n) is 4.14. The molecular formula is C23H23N3O6. The lowest BCUT2D eigenvalue weighted by Crippen LogP contribution is -2.52. The second-order valence-electron chi connectivity index (χ2n) is 8.76. The molecule has 1 amide bonds. The minimum Gasteiger partial charge on any atom is -0.480 e. The van der Waals surface area contributed by atoms with Crippen LogP contribution in [0.1, 0.15) is 43.6 Å². The Hall–Kier alpha value is -3.88. The highest BCUT2D eigenvalue weighted by molar-refractivity contribution is 5.89. The van der Waals surface area contributed by atoms with Crippen molar-refractivity contribution in [3.05, 3.63) is 75.5 Å². The molecule has 9 nitrogen and oxygen atoms in total. The number of rotatable bonds is 3. The van der Waals surface area contributed by atoms with Crippen molar-refractivity contribution in [1.29, 1.82) is 0 Å². The van der Waals surface area contributed by atoms with Crippen LogP contribution in [0.5, 0.6) is 0 Å². The maximum atomic E-state index is 13.2. The summed E-state index contributed by atoms with van der Waals surface area (Å²) >= 11 is 0. The summed E-state index contributed by atoms with van der Waals surface area (Å²) in [5.74, 6) is -1.15. The summed E-state index contributed by atoms with van der Waals surface area (Å²) < 4.78 is 5.56. The van der Waals surface area contributed by atoms with E-state index in [1.165, 1.54) is 17.0 Å². The van der Waals surface area contributed by atoms with Crippen LogP contribution in [-0.2, 0) is 16.0 Å². The van der Waals surface area contributed by atoms with Crippen LogP contribution >= 0.6 is 0 Å². The number of carbonyl (C=O) groups excluding carboxylic acids is 1. The number of carbonyl (C=O) groups is 2. The van der Waals surface area contributed by atoms with E-state index in [-0.39, 0.29) is 12.1 Å². The molecule has 0 spiro atoms. The zero-order valence-electron chi connectivity index (χ0n) is 17.9. The highest BCUT2D eigenvalue weighted by Gasteiger charge is 2.45. The molecule has 4 rings (SSSR count). The Morgan fingerprint density at radius 3 is 2.41 bits per heavy atom. The van der Waals surface area contributed by atoms with E-state index in [1.54, 1.807) is 32.9 Å². The molecule has 0 radical (unpaired) electrons. The molecule has 0 aliphatic carbocycles. The van der Waals surface area contributed by atoms with Gasteiger partial charge in [0.05, 0.1) is 4.92 Å². The van der Waals surface area contributed by atoms with Crippen molar-refractivity contribution in [2.24, 2.45) is 0 Å². The number of amides is 1. The number of benzene rings is 2. The number of carboxylic acids is 1. The van der Waals surface area contributed by atoms with Gasteiger partial charge in [-0.15, -0.1) is 0 Å². The molecule has 32 heavy (non-hydrogen) atoms. The van der Waals surface area contributed by atoms with E-state index in [0.717, 1.165) is 16.5 Å². The van der Waals surface area contributed by atoms with Gasteiger partial charge in [0.25, 0.3) is 5.69 Å². The molecule has 2 aromatic carbocycles. The molecular weight excluding hydrogens is 414 g/mol. The number of nitrogens with zero attached hydrogens (tertiary/aromatic N) is 2. The van der Waals surface area contributed by atoms with Crippen molar-refractivity contribution in [3.63, 3.8) is 0 Å². The number of ether oxygens (including phenoxy) is 1. The summed E-state index contributed by atoms with van der Waals surface area (Å²) in [5, 5.41) is 22.0. The van der Waals surface area contributed by atoms with E-state index in [9.17, 15) is 24.8 Å². The second-order valence-corrected chi connectivity index (χ2v) is 8.76. The second kappa shape index (κ2) is 7.67. The van der Waals surface area contributed by atoms with Gasteiger partial charge >= 0.3 is 12.1 Å². The van der Waals surface area contributed by atoms with Crippen LogP contribution in [0.4, 0.5) is 10.5 Å². The molecule has 166 valence electrons. The number of hydrogen-bond acceptors (Lipinski definition) is 5. The third kappa shape index (κ3) is 3.77. The number of hydrogen-bond donors (Lipinski definition) is 2. The number of para-hydroxylation sites is 1. The number of nitro groups is 1. The molecule has 3 aromatic rings. The summed E-state index contributed by atoms with van der Waals surface area (Å²) in [5.41, 5.74) is 1.90. The van der Waals surface area contributed by atoms with E-state index in [2.05, 4.69) is 4.98 Å². The summed E-state index contributed by atoms with van der Waals surface area (Å²) in [4.78, 5) is 40.7. The molecule has 0 saturated heterocycles. The third-order valence-corrected chi connectivity index (χ3v) is 5.44. The van der Waals surface area contributed by atoms with E-state index in [4.69, 9.17) is 4.74 Å². The van der Waals surface area contributed by atoms with Crippen LogP contribution in [0, 0.1) is 10.1 Å². The zero-order chi connectivity index (χ0) is 23.2. The lowest BCUT2D eigenvalue weighted by atomic mass is 9.88. The van der Waals surface area contributed by atoms with Crippen LogP contribution < -0.4 is 0 Å². The predicted octanol–water partition coefficient (Wildman–Crippen LogP) is 4.41. The number of aromatic amines is 1. The first-order valence-corrected chi connectivity index (χ1v) is 10.1. The molecule has 0 fully saturated rings. The summed E-state index contributed by atoms with van der Waals surface area (Å²) in [6.07, 6.45) is -0.658. The topological polar surface area (TPSA) is 126 Å². The SMILES string of the molecule is CC(C)(C)OC(=O)N1[C@@H](c2ccc([N+](=O)[O-])cc2)c2[nH]c3ccccc3c2C[C@H]1C(=O)O. The first-order valence-electron chi connectivity index (χ1n) is 10.1. The Morgan fingerprint density at radius 2 is 1.81 bits per heavy atom. The number of carboxylic acid groups (broad SMARTS) is 1. The van der Waals surface area contributed by atoms with Crippen molar-refractivity contribution < 1.29 is 24.4 Å². The number of non-ortho nitro benzene ring substituents is 1. The van der Waals surface area contributed by atoms with Gasteiger partial charge in [-0.3, -0.25) is 15.0 Å². The third-order valence-electron chi connectivity index (χ3n) is 5.44. The minimum atomic E-state index is -1.17. The van der Waals surface area contributed by atoms with Crippen molar-refractivity contribution in [3.8, 4) is 0 Å². The van der Waals surface area contributed by atoms with Crippen LogP contribution in [0.15, 0.2) is 48.5 Å². The first-order chi connectivity index (χ1) is 15.1. The maximum absolute atomic E-state index is 13.2. The normalized spacial score (nSPS) is 18.3. The van der Waals surface area contributed by atoms with Gasteiger partial charge < -0.3 is 14.8 Å². The minimum absolute atomic E-state index is 0.0972. The number of nitro benzene ring substituents is 1. The fraction of sp³-hybridized carbons (Fsp3) is 0.304. The molecule has 0 saturated carbocycles. The predicted molar refractivity (Wildman–Crippen MR) is 116 cm³/mol. The number of H-pyrrole nitrogens is 1. The van der Waals surface area contributed by atoms with Gasteiger partial charge in [-0.05, 0) is 50.1 Å². The number of aromatic nitrogens is 1. The van der Waals surface area contributed by atoms with Crippen LogP contribution in [0.2, 0.25) is 0 Å². The molecule has 1 aliphatic rings. The monoisotopic (exact) mass is 437 g/mol. The highest BCUT2D eigenvalue weighted by Crippen LogP contribution is 2.42.